The monoisotopic (exact) mass is 343 g/mol. The van der Waals surface area contributed by atoms with E-state index in [9.17, 15) is 4.79 Å². The fourth-order valence-electron chi connectivity index (χ4n) is 3.70. The zero-order valence-electron chi connectivity index (χ0n) is 15.0. The van der Waals surface area contributed by atoms with E-state index in [0.29, 0.717) is 29.9 Å². The number of aromatic nitrogens is 2. The van der Waals surface area contributed by atoms with Gasteiger partial charge in [-0.25, -0.2) is 9.97 Å². The van der Waals surface area contributed by atoms with E-state index in [-0.39, 0.29) is 11.5 Å². The number of ketones is 1. The van der Waals surface area contributed by atoms with Crippen LogP contribution in [0.5, 0.6) is 0 Å². The van der Waals surface area contributed by atoms with Gasteiger partial charge in [0.05, 0.1) is 18.4 Å². The van der Waals surface area contributed by atoms with Gasteiger partial charge in [0, 0.05) is 24.9 Å². The third-order valence-corrected chi connectivity index (χ3v) is 5.06. The van der Waals surface area contributed by atoms with Gasteiger partial charge in [-0.1, -0.05) is 20.3 Å². The van der Waals surface area contributed by atoms with Crippen LogP contribution in [0.15, 0.2) is 29.3 Å². The highest BCUT2D eigenvalue weighted by Crippen LogP contribution is 2.35. The van der Waals surface area contributed by atoms with Gasteiger partial charge in [0.2, 0.25) is 5.78 Å². The minimum atomic E-state index is -0.219. The van der Waals surface area contributed by atoms with Crippen molar-refractivity contribution >= 4 is 11.6 Å². The topological polar surface area (TPSA) is 77.2 Å². The van der Waals surface area contributed by atoms with E-state index in [1.807, 2.05) is 0 Å². The van der Waals surface area contributed by atoms with E-state index in [0.717, 1.165) is 24.3 Å². The first-order valence-corrected chi connectivity index (χ1v) is 8.80. The van der Waals surface area contributed by atoms with Crippen molar-refractivity contribution in [1.82, 2.24) is 9.97 Å². The number of hydrogen-bond acceptors (Lipinski definition) is 6. The lowest BCUT2D eigenvalue weighted by Gasteiger charge is -2.15. The van der Waals surface area contributed by atoms with Crippen molar-refractivity contribution < 1.29 is 13.9 Å². The van der Waals surface area contributed by atoms with Crippen molar-refractivity contribution in [2.24, 2.45) is 11.8 Å². The van der Waals surface area contributed by atoms with Crippen molar-refractivity contribution in [1.29, 1.82) is 0 Å². The van der Waals surface area contributed by atoms with E-state index >= 15 is 0 Å². The molecule has 1 N–H and O–H groups in total. The third-order valence-electron chi connectivity index (χ3n) is 5.06. The van der Waals surface area contributed by atoms with Gasteiger partial charge in [0.15, 0.2) is 5.76 Å². The lowest BCUT2D eigenvalue weighted by Crippen LogP contribution is -2.19. The van der Waals surface area contributed by atoms with Crippen LogP contribution in [0.4, 0.5) is 5.82 Å². The predicted octanol–water partition coefficient (Wildman–Crippen LogP) is 3.68. The Labute approximate surface area is 148 Å². The molecule has 0 spiro atoms. The van der Waals surface area contributed by atoms with Gasteiger partial charge in [-0.3, -0.25) is 4.79 Å². The average molecular weight is 343 g/mol. The highest BCUT2D eigenvalue weighted by Gasteiger charge is 2.31. The molecule has 0 amide bonds. The van der Waals surface area contributed by atoms with Crippen LogP contribution < -0.4 is 5.32 Å². The van der Waals surface area contributed by atoms with E-state index in [1.165, 1.54) is 19.0 Å². The average Bonchev–Trinajstić information content (AvgIpc) is 3.21. The van der Waals surface area contributed by atoms with Crippen LogP contribution in [0.25, 0.3) is 0 Å². The van der Waals surface area contributed by atoms with Crippen LogP contribution >= 0.6 is 0 Å². The molecule has 0 unspecified atom stereocenters. The number of furan rings is 1. The van der Waals surface area contributed by atoms with E-state index in [2.05, 4.69) is 29.1 Å². The normalized spacial score (nSPS) is 22.9. The van der Waals surface area contributed by atoms with Gasteiger partial charge in [0.1, 0.15) is 12.1 Å². The summed E-state index contributed by atoms with van der Waals surface area (Å²) in [7, 11) is 1.60. The Hall–Kier alpha value is -2.21. The van der Waals surface area contributed by atoms with E-state index < -0.39 is 0 Å². The molecule has 6 heteroatoms. The molecule has 1 saturated carbocycles. The molecule has 3 atom stereocenters. The SMILES string of the molecule is CC[C@H]1C[C@@H](Nc2ncncc2C(=O)c2cc(COC)co2)C[C@@H]1C. The van der Waals surface area contributed by atoms with Crippen LogP contribution in [0.2, 0.25) is 0 Å². The molecular weight excluding hydrogens is 318 g/mol. The molecule has 1 aliphatic carbocycles. The summed E-state index contributed by atoms with van der Waals surface area (Å²) in [6.07, 6.45) is 7.93. The van der Waals surface area contributed by atoms with Crippen LogP contribution in [-0.2, 0) is 11.3 Å². The lowest BCUT2D eigenvalue weighted by molar-refractivity contribution is 0.101. The molecule has 134 valence electrons. The second-order valence-corrected chi connectivity index (χ2v) is 6.82. The third kappa shape index (κ3) is 3.90. The van der Waals surface area contributed by atoms with Crippen LogP contribution in [0.3, 0.4) is 0 Å². The van der Waals surface area contributed by atoms with Gasteiger partial charge in [-0.15, -0.1) is 0 Å². The number of carbonyl (C=O) groups is 1. The number of nitrogens with zero attached hydrogens (tertiary/aromatic N) is 2. The molecule has 1 aliphatic rings. The quantitative estimate of drug-likeness (QED) is 0.773. The number of methoxy groups -OCH3 is 1. The zero-order chi connectivity index (χ0) is 17.8. The first kappa shape index (κ1) is 17.6. The number of rotatable bonds is 7. The first-order chi connectivity index (χ1) is 12.1. The second kappa shape index (κ2) is 7.78. The lowest BCUT2D eigenvalue weighted by atomic mass is 9.96. The smallest absolute Gasteiger partial charge is 0.233 e. The molecule has 2 heterocycles. The van der Waals surface area contributed by atoms with Crippen molar-refractivity contribution in [3.8, 4) is 0 Å². The molecule has 25 heavy (non-hydrogen) atoms. The number of nitrogens with one attached hydrogen (secondary N) is 1. The molecule has 2 aromatic heterocycles. The molecule has 0 bridgehead atoms. The minimum Gasteiger partial charge on any atom is -0.460 e. The molecule has 0 saturated heterocycles. The van der Waals surface area contributed by atoms with Gasteiger partial charge < -0.3 is 14.5 Å². The van der Waals surface area contributed by atoms with E-state index in [4.69, 9.17) is 9.15 Å². The molecule has 1 fully saturated rings. The number of carbonyl (C=O) groups excluding carboxylic acids is 1. The summed E-state index contributed by atoms with van der Waals surface area (Å²) in [6.45, 7) is 4.94. The van der Waals surface area contributed by atoms with Gasteiger partial charge in [-0.2, -0.15) is 0 Å². The van der Waals surface area contributed by atoms with Crippen molar-refractivity contribution in [3.05, 3.63) is 41.7 Å². The summed E-state index contributed by atoms with van der Waals surface area (Å²) in [5.74, 6) is 2.05. The summed E-state index contributed by atoms with van der Waals surface area (Å²) >= 11 is 0. The highest BCUT2D eigenvalue weighted by atomic mass is 16.5. The first-order valence-electron chi connectivity index (χ1n) is 8.80. The summed E-state index contributed by atoms with van der Waals surface area (Å²) < 4.78 is 10.5. The largest absolute Gasteiger partial charge is 0.460 e. The summed E-state index contributed by atoms with van der Waals surface area (Å²) in [4.78, 5) is 21.1. The summed E-state index contributed by atoms with van der Waals surface area (Å²) in [6, 6.07) is 2.04. The van der Waals surface area contributed by atoms with Crippen molar-refractivity contribution in [2.75, 3.05) is 12.4 Å². The maximum atomic E-state index is 12.8. The Bertz CT molecular complexity index is 728. The summed E-state index contributed by atoms with van der Waals surface area (Å²) in [5, 5.41) is 3.45. The highest BCUT2D eigenvalue weighted by molar-refractivity contribution is 6.10. The zero-order valence-corrected chi connectivity index (χ0v) is 15.0. The van der Waals surface area contributed by atoms with Gasteiger partial charge in [0.25, 0.3) is 0 Å². The Balaban J connectivity index is 1.77. The second-order valence-electron chi connectivity index (χ2n) is 6.82. The predicted molar refractivity (Wildman–Crippen MR) is 94.5 cm³/mol. The fraction of sp³-hybridized carbons (Fsp3) is 0.526. The maximum Gasteiger partial charge on any atom is 0.233 e. The molecule has 3 rings (SSSR count). The molecule has 2 aromatic rings. The Morgan fingerprint density at radius 2 is 2.28 bits per heavy atom. The van der Waals surface area contributed by atoms with Gasteiger partial charge in [-0.05, 0) is 30.7 Å². The Morgan fingerprint density at radius 3 is 3.00 bits per heavy atom. The van der Waals surface area contributed by atoms with Crippen LogP contribution in [-0.4, -0.2) is 28.9 Å². The van der Waals surface area contributed by atoms with E-state index in [1.54, 1.807) is 19.4 Å². The molecule has 0 radical (unpaired) electrons. The van der Waals surface area contributed by atoms with Crippen LogP contribution in [0.1, 0.15) is 54.8 Å². The molecule has 0 aliphatic heterocycles. The van der Waals surface area contributed by atoms with Crippen LogP contribution in [0, 0.1) is 11.8 Å². The Morgan fingerprint density at radius 1 is 1.44 bits per heavy atom. The number of ether oxygens (including phenoxy) is 1. The molecule has 0 aromatic carbocycles. The standard InChI is InChI=1S/C19H25N3O3/c1-4-14-7-15(5-12(14)2)22-19-16(8-20-11-21-19)18(23)17-6-13(9-24-3)10-25-17/h6,8,10-12,14-15H,4-5,7,9H2,1-3H3,(H,20,21,22)/t12-,14-,15-/m0/s1. The van der Waals surface area contributed by atoms with Crippen molar-refractivity contribution in [3.63, 3.8) is 0 Å². The fourth-order valence-corrected chi connectivity index (χ4v) is 3.70. The van der Waals surface area contributed by atoms with Crippen molar-refractivity contribution in [2.45, 2.75) is 45.8 Å². The van der Waals surface area contributed by atoms with Gasteiger partial charge >= 0.3 is 0 Å². The Kier molecular flexibility index (Phi) is 5.48. The molecule has 6 nitrogen and oxygen atoms in total. The number of hydrogen-bond donors (Lipinski definition) is 1. The minimum absolute atomic E-state index is 0.219. The summed E-state index contributed by atoms with van der Waals surface area (Å²) in [5.41, 5.74) is 1.26. The number of anilines is 1. The molecular formula is C19H25N3O3. The maximum absolute atomic E-state index is 12.8.